The lowest BCUT2D eigenvalue weighted by atomic mass is 10.2. The maximum Gasteiger partial charge on any atom is 0.149 e. The summed E-state index contributed by atoms with van der Waals surface area (Å²) in [6, 6.07) is 0.473. The molecule has 2 N–H and O–H groups in total. The van der Waals surface area contributed by atoms with Crippen molar-refractivity contribution in [1.82, 2.24) is 9.97 Å². The predicted molar refractivity (Wildman–Crippen MR) is 67.9 cm³/mol. The molecule has 1 unspecified atom stereocenters. The van der Waals surface area contributed by atoms with Crippen LogP contribution in [-0.2, 0) is 4.74 Å². The number of ether oxygens (including phenoxy) is 1. The molecule has 0 saturated heterocycles. The van der Waals surface area contributed by atoms with Crippen molar-refractivity contribution in [2.24, 2.45) is 5.92 Å². The second kappa shape index (κ2) is 5.31. The van der Waals surface area contributed by atoms with E-state index < -0.39 is 0 Å². The number of rotatable bonds is 6. The van der Waals surface area contributed by atoms with Crippen molar-refractivity contribution in [2.45, 2.75) is 25.8 Å². The molecule has 1 atom stereocenters. The van der Waals surface area contributed by atoms with Crippen LogP contribution in [0, 0.1) is 5.92 Å². The van der Waals surface area contributed by atoms with Gasteiger partial charge in [0, 0.05) is 19.7 Å². The first-order valence-electron chi connectivity index (χ1n) is 6.05. The predicted octanol–water partition coefficient (Wildman–Crippen LogP) is 1.31. The summed E-state index contributed by atoms with van der Waals surface area (Å²) in [5.74, 6) is 2.09. The molecule has 0 spiro atoms. The van der Waals surface area contributed by atoms with Crippen LogP contribution >= 0.6 is 0 Å². The number of nitrogens with two attached hydrogens (primary N) is 1. The second-order valence-corrected chi connectivity index (χ2v) is 4.57. The van der Waals surface area contributed by atoms with Crippen molar-refractivity contribution >= 4 is 11.6 Å². The van der Waals surface area contributed by atoms with Crippen LogP contribution in [0.2, 0.25) is 0 Å². The molecule has 94 valence electrons. The molecule has 0 radical (unpaired) electrons. The zero-order valence-electron chi connectivity index (χ0n) is 10.5. The summed E-state index contributed by atoms with van der Waals surface area (Å²) in [5.41, 5.74) is 5.69. The van der Waals surface area contributed by atoms with Gasteiger partial charge in [-0.2, -0.15) is 0 Å². The Kier molecular flexibility index (Phi) is 3.78. The van der Waals surface area contributed by atoms with Gasteiger partial charge in [-0.25, -0.2) is 4.98 Å². The minimum atomic E-state index is 0.466. The summed E-state index contributed by atoms with van der Waals surface area (Å²) in [6.07, 6.45) is 5.95. The first-order valence-corrected chi connectivity index (χ1v) is 6.05. The van der Waals surface area contributed by atoms with Gasteiger partial charge in [0.05, 0.1) is 19.0 Å². The van der Waals surface area contributed by atoms with Crippen LogP contribution in [0.15, 0.2) is 12.4 Å². The van der Waals surface area contributed by atoms with Crippen LogP contribution < -0.4 is 10.6 Å². The number of nitrogens with zero attached hydrogens (tertiary/aromatic N) is 3. The minimum Gasteiger partial charge on any atom is -0.383 e. The van der Waals surface area contributed by atoms with Crippen molar-refractivity contribution < 1.29 is 4.74 Å². The summed E-state index contributed by atoms with van der Waals surface area (Å²) in [4.78, 5) is 10.7. The Bertz CT molecular complexity index is 367. The lowest BCUT2D eigenvalue weighted by Gasteiger charge is -2.30. The Hall–Kier alpha value is -1.36. The third-order valence-corrected chi connectivity index (χ3v) is 3.27. The Balaban J connectivity index is 2.13. The highest BCUT2D eigenvalue weighted by Crippen LogP contribution is 2.36. The standard InChI is InChI=1S/C12H20N4O/c1-9(10-3-4-10)16(5-6-17-2)12-8-14-7-11(13)15-12/h7-10H,3-6H2,1-2H3,(H2,13,15). The summed E-state index contributed by atoms with van der Waals surface area (Å²) >= 11 is 0. The van der Waals surface area contributed by atoms with E-state index in [1.807, 2.05) is 0 Å². The normalized spacial score (nSPS) is 16.8. The number of nitrogen functional groups attached to an aromatic ring is 1. The van der Waals surface area contributed by atoms with E-state index in [9.17, 15) is 0 Å². The molecule has 1 aromatic heterocycles. The monoisotopic (exact) mass is 236 g/mol. The highest BCUT2D eigenvalue weighted by Gasteiger charge is 2.32. The third-order valence-electron chi connectivity index (χ3n) is 3.27. The average Bonchev–Trinajstić information content (AvgIpc) is 3.13. The summed E-state index contributed by atoms with van der Waals surface area (Å²) in [7, 11) is 1.71. The molecule has 1 aliphatic rings. The zero-order valence-corrected chi connectivity index (χ0v) is 10.5. The highest BCUT2D eigenvalue weighted by molar-refractivity contribution is 5.42. The molecule has 0 aromatic carbocycles. The van der Waals surface area contributed by atoms with Crippen molar-refractivity contribution in [1.29, 1.82) is 0 Å². The Labute approximate surface area is 102 Å². The van der Waals surface area contributed by atoms with E-state index in [2.05, 4.69) is 21.8 Å². The summed E-state index contributed by atoms with van der Waals surface area (Å²) in [6.45, 7) is 3.75. The molecule has 1 heterocycles. The minimum absolute atomic E-state index is 0.466. The molecular formula is C12H20N4O. The van der Waals surface area contributed by atoms with Gasteiger partial charge in [-0.3, -0.25) is 4.98 Å². The van der Waals surface area contributed by atoms with Gasteiger partial charge in [-0.05, 0) is 25.7 Å². The smallest absolute Gasteiger partial charge is 0.149 e. The zero-order chi connectivity index (χ0) is 12.3. The van der Waals surface area contributed by atoms with Crippen LogP contribution in [0.1, 0.15) is 19.8 Å². The fourth-order valence-corrected chi connectivity index (χ4v) is 2.06. The van der Waals surface area contributed by atoms with Gasteiger partial charge < -0.3 is 15.4 Å². The fraction of sp³-hybridized carbons (Fsp3) is 0.667. The molecule has 1 fully saturated rings. The van der Waals surface area contributed by atoms with Gasteiger partial charge in [-0.1, -0.05) is 0 Å². The van der Waals surface area contributed by atoms with E-state index in [1.54, 1.807) is 19.5 Å². The lowest BCUT2D eigenvalue weighted by Crippen LogP contribution is -2.38. The van der Waals surface area contributed by atoms with Crippen LogP contribution in [0.4, 0.5) is 11.6 Å². The van der Waals surface area contributed by atoms with E-state index in [1.165, 1.54) is 12.8 Å². The van der Waals surface area contributed by atoms with Gasteiger partial charge in [0.15, 0.2) is 0 Å². The molecule has 2 rings (SSSR count). The Morgan fingerprint density at radius 3 is 2.88 bits per heavy atom. The molecular weight excluding hydrogens is 216 g/mol. The van der Waals surface area contributed by atoms with Crippen molar-refractivity contribution in [3.8, 4) is 0 Å². The summed E-state index contributed by atoms with van der Waals surface area (Å²) < 4.78 is 5.15. The quantitative estimate of drug-likeness (QED) is 0.806. The van der Waals surface area contributed by atoms with Crippen molar-refractivity contribution in [2.75, 3.05) is 30.9 Å². The molecule has 0 bridgehead atoms. The maximum absolute atomic E-state index is 5.69. The number of aromatic nitrogens is 2. The van der Waals surface area contributed by atoms with E-state index >= 15 is 0 Å². The third kappa shape index (κ3) is 3.06. The van der Waals surface area contributed by atoms with Crippen LogP contribution in [0.5, 0.6) is 0 Å². The van der Waals surface area contributed by atoms with Crippen molar-refractivity contribution in [3.63, 3.8) is 0 Å². The van der Waals surface area contributed by atoms with Crippen molar-refractivity contribution in [3.05, 3.63) is 12.4 Å². The van der Waals surface area contributed by atoms with Gasteiger partial charge in [0.1, 0.15) is 11.6 Å². The number of methoxy groups -OCH3 is 1. The number of anilines is 2. The molecule has 1 saturated carbocycles. The summed E-state index contributed by atoms with van der Waals surface area (Å²) in [5, 5.41) is 0. The van der Waals surface area contributed by atoms with E-state index in [-0.39, 0.29) is 0 Å². The SMILES string of the molecule is COCCN(c1cncc(N)n1)C(C)C1CC1. The largest absolute Gasteiger partial charge is 0.383 e. The molecule has 0 aliphatic heterocycles. The highest BCUT2D eigenvalue weighted by atomic mass is 16.5. The molecule has 0 amide bonds. The number of hydrogen-bond donors (Lipinski definition) is 1. The maximum atomic E-state index is 5.69. The first kappa shape index (κ1) is 12.1. The van der Waals surface area contributed by atoms with Gasteiger partial charge in [-0.15, -0.1) is 0 Å². The fourth-order valence-electron chi connectivity index (χ4n) is 2.06. The van der Waals surface area contributed by atoms with E-state index in [4.69, 9.17) is 10.5 Å². The van der Waals surface area contributed by atoms with Gasteiger partial charge in [0.2, 0.25) is 0 Å². The molecule has 1 aliphatic carbocycles. The van der Waals surface area contributed by atoms with E-state index in [0.29, 0.717) is 18.5 Å². The topological polar surface area (TPSA) is 64.3 Å². The van der Waals surface area contributed by atoms with Gasteiger partial charge >= 0.3 is 0 Å². The van der Waals surface area contributed by atoms with E-state index in [0.717, 1.165) is 18.3 Å². The Morgan fingerprint density at radius 2 is 2.29 bits per heavy atom. The molecule has 1 aromatic rings. The first-order chi connectivity index (χ1) is 8.22. The van der Waals surface area contributed by atoms with Crippen LogP contribution in [0.25, 0.3) is 0 Å². The molecule has 5 nitrogen and oxygen atoms in total. The van der Waals surface area contributed by atoms with Gasteiger partial charge in [0.25, 0.3) is 0 Å². The lowest BCUT2D eigenvalue weighted by molar-refractivity contribution is 0.202. The Morgan fingerprint density at radius 1 is 1.53 bits per heavy atom. The average molecular weight is 236 g/mol. The molecule has 17 heavy (non-hydrogen) atoms. The molecule has 5 heteroatoms. The van der Waals surface area contributed by atoms with Crippen LogP contribution in [0.3, 0.4) is 0 Å². The number of hydrogen-bond acceptors (Lipinski definition) is 5. The second-order valence-electron chi connectivity index (χ2n) is 4.57. The van der Waals surface area contributed by atoms with Crippen LogP contribution in [-0.4, -0.2) is 36.3 Å².